The molecule has 100 valence electrons. The molecular formula is C13H19NO4. The molecule has 0 saturated carbocycles. The van der Waals surface area contributed by atoms with Crippen molar-refractivity contribution in [2.24, 2.45) is 5.92 Å². The van der Waals surface area contributed by atoms with Crippen molar-refractivity contribution in [3.8, 4) is 5.75 Å². The van der Waals surface area contributed by atoms with Crippen molar-refractivity contribution in [2.75, 3.05) is 25.6 Å². The summed E-state index contributed by atoms with van der Waals surface area (Å²) in [4.78, 5) is 11.6. The maximum absolute atomic E-state index is 11.6. The van der Waals surface area contributed by atoms with Gasteiger partial charge >= 0.3 is 5.97 Å². The van der Waals surface area contributed by atoms with E-state index in [1.165, 1.54) is 18.2 Å². The predicted molar refractivity (Wildman–Crippen MR) is 68.5 cm³/mol. The Bertz CT molecular complexity index is 404. The SMILES string of the molecule is CC(C)COCCOC(=O)c1cc(O)ccc1N. The normalized spacial score (nSPS) is 10.6. The van der Waals surface area contributed by atoms with Crippen molar-refractivity contribution in [2.45, 2.75) is 13.8 Å². The van der Waals surface area contributed by atoms with Crippen LogP contribution in [0, 0.1) is 5.92 Å². The Labute approximate surface area is 107 Å². The van der Waals surface area contributed by atoms with Gasteiger partial charge in [0.25, 0.3) is 0 Å². The molecule has 0 spiro atoms. The van der Waals surface area contributed by atoms with Crippen LogP contribution in [0.3, 0.4) is 0 Å². The molecule has 0 radical (unpaired) electrons. The van der Waals surface area contributed by atoms with Gasteiger partial charge in [-0.2, -0.15) is 0 Å². The van der Waals surface area contributed by atoms with Crippen LogP contribution < -0.4 is 5.73 Å². The molecule has 1 rings (SSSR count). The highest BCUT2D eigenvalue weighted by Gasteiger charge is 2.11. The smallest absolute Gasteiger partial charge is 0.340 e. The molecular weight excluding hydrogens is 234 g/mol. The number of ether oxygens (including phenoxy) is 2. The van der Waals surface area contributed by atoms with E-state index < -0.39 is 5.97 Å². The Balaban J connectivity index is 2.39. The van der Waals surface area contributed by atoms with Crippen LogP contribution in [0.2, 0.25) is 0 Å². The fraction of sp³-hybridized carbons (Fsp3) is 0.462. The molecule has 0 aliphatic heterocycles. The Morgan fingerprint density at radius 2 is 2.11 bits per heavy atom. The van der Waals surface area contributed by atoms with Crippen LogP contribution in [0.5, 0.6) is 5.75 Å². The number of benzene rings is 1. The van der Waals surface area contributed by atoms with Crippen LogP contribution in [0.25, 0.3) is 0 Å². The predicted octanol–water partition coefficient (Wildman–Crippen LogP) is 1.80. The molecule has 0 bridgehead atoms. The number of nitrogen functional groups attached to an aromatic ring is 1. The molecule has 0 unspecified atom stereocenters. The van der Waals surface area contributed by atoms with Gasteiger partial charge in [-0.1, -0.05) is 13.8 Å². The summed E-state index contributed by atoms with van der Waals surface area (Å²) in [6.07, 6.45) is 0. The van der Waals surface area contributed by atoms with E-state index in [4.69, 9.17) is 15.2 Å². The number of esters is 1. The van der Waals surface area contributed by atoms with E-state index in [2.05, 4.69) is 0 Å². The number of phenols is 1. The highest BCUT2D eigenvalue weighted by molar-refractivity contribution is 5.95. The number of hydrogen-bond acceptors (Lipinski definition) is 5. The zero-order chi connectivity index (χ0) is 13.5. The van der Waals surface area contributed by atoms with Crippen molar-refractivity contribution < 1.29 is 19.4 Å². The quantitative estimate of drug-likeness (QED) is 0.349. The molecule has 3 N–H and O–H groups in total. The van der Waals surface area contributed by atoms with Gasteiger partial charge in [-0.15, -0.1) is 0 Å². The van der Waals surface area contributed by atoms with Crippen LogP contribution in [0.15, 0.2) is 18.2 Å². The van der Waals surface area contributed by atoms with Gasteiger partial charge in [0.05, 0.1) is 12.2 Å². The summed E-state index contributed by atoms with van der Waals surface area (Å²) >= 11 is 0. The van der Waals surface area contributed by atoms with Gasteiger partial charge in [-0.25, -0.2) is 4.79 Å². The molecule has 0 heterocycles. The topological polar surface area (TPSA) is 81.8 Å². The lowest BCUT2D eigenvalue weighted by molar-refractivity contribution is 0.0278. The maximum atomic E-state index is 11.6. The highest BCUT2D eigenvalue weighted by Crippen LogP contribution is 2.19. The van der Waals surface area contributed by atoms with Gasteiger partial charge in [0, 0.05) is 12.3 Å². The summed E-state index contributed by atoms with van der Waals surface area (Å²) in [6.45, 7) is 5.23. The summed E-state index contributed by atoms with van der Waals surface area (Å²) < 4.78 is 10.3. The zero-order valence-electron chi connectivity index (χ0n) is 10.7. The number of rotatable bonds is 6. The molecule has 18 heavy (non-hydrogen) atoms. The number of hydrogen-bond donors (Lipinski definition) is 2. The van der Waals surface area contributed by atoms with Crippen molar-refractivity contribution in [3.05, 3.63) is 23.8 Å². The highest BCUT2D eigenvalue weighted by atomic mass is 16.6. The van der Waals surface area contributed by atoms with E-state index in [0.717, 1.165) is 0 Å². The third-order valence-electron chi connectivity index (χ3n) is 2.17. The Morgan fingerprint density at radius 1 is 1.39 bits per heavy atom. The molecule has 5 nitrogen and oxygen atoms in total. The molecule has 0 aromatic heterocycles. The van der Waals surface area contributed by atoms with E-state index in [1.807, 2.05) is 13.8 Å². The van der Waals surface area contributed by atoms with Crippen LogP contribution in [0.1, 0.15) is 24.2 Å². The van der Waals surface area contributed by atoms with E-state index in [1.54, 1.807) is 0 Å². The fourth-order valence-electron chi connectivity index (χ4n) is 1.31. The Morgan fingerprint density at radius 3 is 2.78 bits per heavy atom. The first-order chi connectivity index (χ1) is 8.50. The molecule has 5 heteroatoms. The third-order valence-corrected chi connectivity index (χ3v) is 2.17. The van der Waals surface area contributed by atoms with Gasteiger partial charge in [-0.05, 0) is 24.1 Å². The average Bonchev–Trinajstić information content (AvgIpc) is 2.31. The van der Waals surface area contributed by atoms with Gasteiger partial charge in [0.1, 0.15) is 12.4 Å². The number of carbonyl (C=O) groups excluding carboxylic acids is 1. The van der Waals surface area contributed by atoms with E-state index in [0.29, 0.717) is 19.1 Å². The summed E-state index contributed by atoms with van der Waals surface area (Å²) in [6, 6.07) is 4.16. The second-order valence-electron chi connectivity index (χ2n) is 4.38. The standard InChI is InChI=1S/C13H19NO4/c1-9(2)8-17-5-6-18-13(16)11-7-10(15)3-4-12(11)14/h3-4,7,9,15H,5-6,8,14H2,1-2H3. The number of aromatic hydroxyl groups is 1. The fourth-order valence-corrected chi connectivity index (χ4v) is 1.31. The molecule has 0 atom stereocenters. The molecule has 0 aliphatic rings. The molecule has 0 aliphatic carbocycles. The number of nitrogens with two attached hydrogens (primary N) is 1. The monoisotopic (exact) mass is 253 g/mol. The lowest BCUT2D eigenvalue weighted by Crippen LogP contribution is -2.13. The first kappa shape index (κ1) is 14.3. The zero-order valence-corrected chi connectivity index (χ0v) is 10.7. The van der Waals surface area contributed by atoms with Crippen molar-refractivity contribution >= 4 is 11.7 Å². The van der Waals surface area contributed by atoms with Crippen LogP contribution in [0.4, 0.5) is 5.69 Å². The second-order valence-corrected chi connectivity index (χ2v) is 4.38. The maximum Gasteiger partial charge on any atom is 0.340 e. The minimum absolute atomic E-state index is 0.0211. The number of carbonyl (C=O) groups is 1. The van der Waals surface area contributed by atoms with E-state index >= 15 is 0 Å². The third kappa shape index (κ3) is 4.63. The number of phenolic OH excluding ortho intramolecular Hbond substituents is 1. The Kier molecular flexibility index (Phi) is 5.45. The molecule has 0 amide bonds. The summed E-state index contributed by atoms with van der Waals surface area (Å²) in [5.41, 5.74) is 6.06. The number of anilines is 1. The van der Waals surface area contributed by atoms with Gasteiger partial charge in [0.2, 0.25) is 0 Å². The lowest BCUT2D eigenvalue weighted by Gasteiger charge is -2.09. The van der Waals surface area contributed by atoms with Gasteiger partial charge < -0.3 is 20.3 Å². The first-order valence-corrected chi connectivity index (χ1v) is 5.84. The van der Waals surface area contributed by atoms with Crippen molar-refractivity contribution in [1.82, 2.24) is 0 Å². The van der Waals surface area contributed by atoms with Gasteiger partial charge in [0.15, 0.2) is 0 Å². The summed E-state index contributed by atoms with van der Waals surface area (Å²) in [5, 5.41) is 9.27. The lowest BCUT2D eigenvalue weighted by atomic mass is 10.2. The molecule has 0 fully saturated rings. The minimum atomic E-state index is -0.559. The second kappa shape index (κ2) is 6.86. The van der Waals surface area contributed by atoms with Gasteiger partial charge in [-0.3, -0.25) is 0 Å². The molecule has 1 aromatic rings. The summed E-state index contributed by atoms with van der Waals surface area (Å²) in [7, 11) is 0. The average molecular weight is 253 g/mol. The van der Waals surface area contributed by atoms with Crippen LogP contribution >= 0.6 is 0 Å². The largest absolute Gasteiger partial charge is 0.508 e. The van der Waals surface area contributed by atoms with Crippen LogP contribution in [-0.2, 0) is 9.47 Å². The van der Waals surface area contributed by atoms with E-state index in [9.17, 15) is 9.90 Å². The Hall–Kier alpha value is -1.75. The van der Waals surface area contributed by atoms with Crippen LogP contribution in [-0.4, -0.2) is 30.9 Å². The molecule has 0 saturated heterocycles. The van der Waals surface area contributed by atoms with Crippen molar-refractivity contribution in [3.63, 3.8) is 0 Å². The molecule has 1 aromatic carbocycles. The summed E-state index contributed by atoms with van der Waals surface area (Å²) in [5.74, 6) is -0.133. The first-order valence-electron chi connectivity index (χ1n) is 5.84. The minimum Gasteiger partial charge on any atom is -0.508 e. The van der Waals surface area contributed by atoms with E-state index in [-0.39, 0.29) is 23.6 Å². The van der Waals surface area contributed by atoms with Crippen molar-refractivity contribution in [1.29, 1.82) is 0 Å².